The summed E-state index contributed by atoms with van der Waals surface area (Å²) in [5, 5.41) is 3.13. The standard InChI is InChI=1S/C13H17N3O/c1-5-10-8(2)15-13(16-12(10)14-4)11-6-7-17-9(11)3/h6-7H,5H2,1-4H3,(H,14,15,16). The van der Waals surface area contributed by atoms with Crippen LogP contribution in [0.25, 0.3) is 11.4 Å². The van der Waals surface area contributed by atoms with E-state index in [0.29, 0.717) is 0 Å². The normalized spacial score (nSPS) is 10.6. The third-order valence-electron chi connectivity index (χ3n) is 2.90. The molecular formula is C13H17N3O. The fraction of sp³-hybridized carbons (Fsp3) is 0.385. The highest BCUT2D eigenvalue weighted by molar-refractivity contribution is 5.61. The van der Waals surface area contributed by atoms with Crippen LogP contribution in [0.15, 0.2) is 16.7 Å². The molecule has 2 aromatic heterocycles. The Morgan fingerprint density at radius 2 is 2.06 bits per heavy atom. The number of hydrogen-bond donors (Lipinski definition) is 1. The van der Waals surface area contributed by atoms with Crippen LogP contribution in [0.2, 0.25) is 0 Å². The van der Waals surface area contributed by atoms with E-state index in [0.717, 1.165) is 40.6 Å². The average molecular weight is 231 g/mol. The van der Waals surface area contributed by atoms with Crippen LogP contribution in [0.3, 0.4) is 0 Å². The summed E-state index contributed by atoms with van der Waals surface area (Å²) in [6, 6.07) is 1.90. The van der Waals surface area contributed by atoms with Gasteiger partial charge in [-0.2, -0.15) is 0 Å². The van der Waals surface area contributed by atoms with E-state index in [-0.39, 0.29) is 0 Å². The number of aryl methyl sites for hydroxylation is 2. The number of anilines is 1. The number of furan rings is 1. The quantitative estimate of drug-likeness (QED) is 0.882. The number of aromatic nitrogens is 2. The van der Waals surface area contributed by atoms with Gasteiger partial charge < -0.3 is 9.73 Å². The van der Waals surface area contributed by atoms with Crippen LogP contribution >= 0.6 is 0 Å². The number of nitrogens with zero attached hydrogens (tertiary/aromatic N) is 2. The third-order valence-corrected chi connectivity index (χ3v) is 2.90. The van der Waals surface area contributed by atoms with Gasteiger partial charge in [-0.1, -0.05) is 6.92 Å². The number of rotatable bonds is 3. The molecule has 0 saturated carbocycles. The van der Waals surface area contributed by atoms with Crippen LogP contribution in [0.1, 0.15) is 23.9 Å². The molecule has 2 rings (SSSR count). The average Bonchev–Trinajstić information content (AvgIpc) is 2.74. The molecule has 1 N–H and O–H groups in total. The highest BCUT2D eigenvalue weighted by Gasteiger charge is 2.13. The van der Waals surface area contributed by atoms with Gasteiger partial charge in [-0.3, -0.25) is 0 Å². The van der Waals surface area contributed by atoms with E-state index in [2.05, 4.69) is 22.2 Å². The summed E-state index contributed by atoms with van der Waals surface area (Å²) in [4.78, 5) is 9.09. The van der Waals surface area contributed by atoms with Gasteiger partial charge in [-0.25, -0.2) is 9.97 Å². The highest BCUT2D eigenvalue weighted by atomic mass is 16.3. The lowest BCUT2D eigenvalue weighted by Crippen LogP contribution is -2.05. The molecule has 0 amide bonds. The van der Waals surface area contributed by atoms with E-state index < -0.39 is 0 Å². The molecule has 0 atom stereocenters. The molecule has 0 saturated heterocycles. The lowest BCUT2D eigenvalue weighted by Gasteiger charge is -2.11. The summed E-state index contributed by atoms with van der Waals surface area (Å²) in [6.07, 6.45) is 2.59. The summed E-state index contributed by atoms with van der Waals surface area (Å²) < 4.78 is 5.29. The van der Waals surface area contributed by atoms with Gasteiger partial charge in [0.05, 0.1) is 11.8 Å². The third kappa shape index (κ3) is 2.02. The Labute approximate surface area is 101 Å². The van der Waals surface area contributed by atoms with Crippen LogP contribution in [0.5, 0.6) is 0 Å². The van der Waals surface area contributed by atoms with Crippen LogP contribution in [0, 0.1) is 13.8 Å². The molecule has 0 aliphatic heterocycles. The van der Waals surface area contributed by atoms with E-state index in [1.807, 2.05) is 27.0 Å². The maximum atomic E-state index is 5.29. The largest absolute Gasteiger partial charge is 0.469 e. The van der Waals surface area contributed by atoms with Crippen molar-refractivity contribution in [1.82, 2.24) is 9.97 Å². The Morgan fingerprint density at radius 1 is 1.29 bits per heavy atom. The molecule has 0 bridgehead atoms. The first kappa shape index (κ1) is 11.6. The zero-order chi connectivity index (χ0) is 12.4. The molecule has 2 heterocycles. The first-order valence-corrected chi connectivity index (χ1v) is 5.77. The van der Waals surface area contributed by atoms with Gasteiger partial charge in [-0.05, 0) is 26.3 Å². The van der Waals surface area contributed by atoms with Gasteiger partial charge in [0.2, 0.25) is 0 Å². The molecule has 2 aromatic rings. The summed E-state index contributed by atoms with van der Waals surface area (Å²) in [5.74, 6) is 2.46. The first-order valence-electron chi connectivity index (χ1n) is 5.77. The molecular weight excluding hydrogens is 214 g/mol. The molecule has 0 aromatic carbocycles. The van der Waals surface area contributed by atoms with Crippen molar-refractivity contribution in [3.05, 3.63) is 29.3 Å². The zero-order valence-corrected chi connectivity index (χ0v) is 10.7. The van der Waals surface area contributed by atoms with Crippen LogP contribution < -0.4 is 5.32 Å². The maximum absolute atomic E-state index is 5.29. The SMILES string of the molecule is CCc1c(C)nc(-c2ccoc2C)nc1NC. The topological polar surface area (TPSA) is 51.0 Å². The Bertz CT molecular complexity index is 531. The van der Waals surface area contributed by atoms with Gasteiger partial charge in [0.25, 0.3) is 0 Å². The summed E-state index contributed by atoms with van der Waals surface area (Å²) >= 11 is 0. The Balaban J connectivity index is 2.58. The van der Waals surface area contributed by atoms with Crippen molar-refractivity contribution in [1.29, 1.82) is 0 Å². The van der Waals surface area contributed by atoms with Crippen molar-refractivity contribution < 1.29 is 4.42 Å². The minimum atomic E-state index is 0.718. The molecule has 0 fully saturated rings. The minimum Gasteiger partial charge on any atom is -0.469 e. The van der Waals surface area contributed by atoms with Crippen LogP contribution in [-0.2, 0) is 6.42 Å². The molecule has 0 aliphatic rings. The van der Waals surface area contributed by atoms with Gasteiger partial charge in [0, 0.05) is 18.3 Å². The van der Waals surface area contributed by atoms with Crippen molar-refractivity contribution in [2.24, 2.45) is 0 Å². The van der Waals surface area contributed by atoms with E-state index in [9.17, 15) is 0 Å². The second-order valence-corrected chi connectivity index (χ2v) is 3.95. The summed E-state index contributed by atoms with van der Waals surface area (Å²) in [6.45, 7) is 6.04. The monoisotopic (exact) mass is 231 g/mol. The maximum Gasteiger partial charge on any atom is 0.165 e. The zero-order valence-electron chi connectivity index (χ0n) is 10.7. The van der Waals surface area contributed by atoms with Gasteiger partial charge >= 0.3 is 0 Å². The Morgan fingerprint density at radius 3 is 2.59 bits per heavy atom. The van der Waals surface area contributed by atoms with Crippen molar-refractivity contribution >= 4 is 5.82 Å². The number of hydrogen-bond acceptors (Lipinski definition) is 4. The van der Waals surface area contributed by atoms with Gasteiger partial charge in [-0.15, -0.1) is 0 Å². The van der Waals surface area contributed by atoms with E-state index >= 15 is 0 Å². The smallest absolute Gasteiger partial charge is 0.165 e. The Kier molecular flexibility index (Phi) is 3.13. The fourth-order valence-corrected chi connectivity index (χ4v) is 1.96. The summed E-state index contributed by atoms with van der Waals surface area (Å²) in [7, 11) is 1.88. The molecule has 0 unspecified atom stereocenters. The molecule has 17 heavy (non-hydrogen) atoms. The van der Waals surface area contributed by atoms with Crippen molar-refractivity contribution in [2.75, 3.05) is 12.4 Å². The fourth-order valence-electron chi connectivity index (χ4n) is 1.96. The molecule has 4 nitrogen and oxygen atoms in total. The van der Waals surface area contributed by atoms with Crippen LogP contribution in [0.4, 0.5) is 5.82 Å². The van der Waals surface area contributed by atoms with Gasteiger partial charge in [0.15, 0.2) is 5.82 Å². The molecule has 4 heteroatoms. The minimum absolute atomic E-state index is 0.718. The second-order valence-electron chi connectivity index (χ2n) is 3.95. The second kappa shape index (κ2) is 4.57. The lowest BCUT2D eigenvalue weighted by atomic mass is 10.1. The van der Waals surface area contributed by atoms with Crippen molar-refractivity contribution in [3.8, 4) is 11.4 Å². The molecule has 90 valence electrons. The highest BCUT2D eigenvalue weighted by Crippen LogP contribution is 2.25. The molecule has 0 aliphatic carbocycles. The van der Waals surface area contributed by atoms with E-state index in [1.165, 1.54) is 0 Å². The first-order chi connectivity index (χ1) is 8.17. The van der Waals surface area contributed by atoms with E-state index in [4.69, 9.17) is 4.42 Å². The summed E-state index contributed by atoms with van der Waals surface area (Å²) in [5.41, 5.74) is 3.13. The predicted molar refractivity (Wildman–Crippen MR) is 68.1 cm³/mol. The Hall–Kier alpha value is -1.84. The van der Waals surface area contributed by atoms with Crippen LogP contribution in [-0.4, -0.2) is 17.0 Å². The lowest BCUT2D eigenvalue weighted by molar-refractivity contribution is 0.535. The van der Waals surface area contributed by atoms with E-state index in [1.54, 1.807) is 6.26 Å². The number of nitrogens with one attached hydrogen (secondary N) is 1. The molecule has 0 radical (unpaired) electrons. The van der Waals surface area contributed by atoms with Crippen molar-refractivity contribution in [2.45, 2.75) is 27.2 Å². The molecule has 0 spiro atoms. The predicted octanol–water partition coefficient (Wildman–Crippen LogP) is 2.96. The van der Waals surface area contributed by atoms with Crippen molar-refractivity contribution in [3.63, 3.8) is 0 Å². The van der Waals surface area contributed by atoms with Gasteiger partial charge in [0.1, 0.15) is 11.6 Å².